The number of nitrogens with two attached hydrogens (primary N) is 1. The first-order valence-corrected chi connectivity index (χ1v) is 9.77. The number of amides is 2. The molecule has 0 saturated carbocycles. The highest BCUT2D eigenvalue weighted by Crippen LogP contribution is 2.33. The van der Waals surface area contributed by atoms with Crippen molar-refractivity contribution in [3.63, 3.8) is 0 Å². The number of ether oxygens (including phenoxy) is 1. The van der Waals surface area contributed by atoms with Crippen molar-refractivity contribution in [1.29, 1.82) is 0 Å². The average molecular weight is 375 g/mol. The molecule has 7 nitrogen and oxygen atoms in total. The highest BCUT2D eigenvalue weighted by atomic mass is 32.2. The van der Waals surface area contributed by atoms with E-state index in [0.717, 1.165) is 24.2 Å². The van der Waals surface area contributed by atoms with E-state index in [-0.39, 0.29) is 17.0 Å². The second-order valence-electron chi connectivity index (χ2n) is 6.12. The topological polar surface area (TPSA) is 102 Å². The number of hydrogen-bond acceptors (Lipinski definition) is 4. The van der Waals surface area contributed by atoms with E-state index in [1.165, 1.54) is 24.3 Å². The van der Waals surface area contributed by atoms with Gasteiger partial charge >= 0.3 is 6.03 Å². The van der Waals surface area contributed by atoms with Crippen LogP contribution in [0, 0.1) is 0 Å². The minimum absolute atomic E-state index is 0.00426. The molecule has 3 N–H and O–H groups in total. The normalized spacial score (nSPS) is 17.2. The van der Waals surface area contributed by atoms with Crippen molar-refractivity contribution in [3.8, 4) is 5.75 Å². The Hall–Kier alpha value is -2.58. The van der Waals surface area contributed by atoms with E-state index in [1.807, 2.05) is 24.3 Å². The lowest BCUT2D eigenvalue weighted by Gasteiger charge is -2.25. The molecule has 0 bridgehead atoms. The minimum atomic E-state index is -3.75. The first-order valence-electron chi connectivity index (χ1n) is 8.23. The van der Waals surface area contributed by atoms with Crippen LogP contribution in [-0.2, 0) is 10.0 Å². The number of nitrogens with one attached hydrogen (secondary N) is 1. The number of hydrogen-bond donors (Lipinski definition) is 2. The van der Waals surface area contributed by atoms with Crippen LogP contribution in [0.5, 0.6) is 5.75 Å². The lowest BCUT2D eigenvalue weighted by molar-refractivity contribution is 0.207. The van der Waals surface area contributed by atoms with Crippen molar-refractivity contribution in [2.45, 2.75) is 23.8 Å². The van der Waals surface area contributed by atoms with Crippen LogP contribution < -0.4 is 15.2 Å². The zero-order valence-corrected chi connectivity index (χ0v) is 15.2. The van der Waals surface area contributed by atoms with Gasteiger partial charge in [0.1, 0.15) is 5.75 Å². The molecule has 3 rings (SSSR count). The molecule has 26 heavy (non-hydrogen) atoms. The number of rotatable bonds is 4. The molecule has 138 valence electrons. The van der Waals surface area contributed by atoms with Crippen LogP contribution >= 0.6 is 0 Å². The van der Waals surface area contributed by atoms with Crippen LogP contribution in [0.4, 0.5) is 10.5 Å². The molecule has 1 aliphatic rings. The molecule has 0 aliphatic carbocycles. The Bertz CT molecular complexity index is 880. The number of urea groups is 1. The maximum atomic E-state index is 12.7. The van der Waals surface area contributed by atoms with Crippen LogP contribution in [0.25, 0.3) is 0 Å². The SMILES string of the molecule is COc1ccc(C2CCCN2C(=O)Nc2ccc(S(N)(=O)=O)cc2)cc1. The third kappa shape index (κ3) is 3.97. The summed E-state index contributed by atoms with van der Waals surface area (Å²) in [6.07, 6.45) is 1.82. The van der Waals surface area contributed by atoms with E-state index in [4.69, 9.17) is 9.88 Å². The minimum Gasteiger partial charge on any atom is -0.497 e. The van der Waals surface area contributed by atoms with Gasteiger partial charge in [-0.2, -0.15) is 0 Å². The highest BCUT2D eigenvalue weighted by Gasteiger charge is 2.30. The molecule has 0 radical (unpaired) electrons. The maximum Gasteiger partial charge on any atom is 0.322 e. The number of methoxy groups -OCH3 is 1. The maximum absolute atomic E-state index is 12.7. The van der Waals surface area contributed by atoms with Gasteiger partial charge < -0.3 is 15.0 Å². The number of nitrogens with zero attached hydrogens (tertiary/aromatic N) is 1. The van der Waals surface area contributed by atoms with Crippen molar-refractivity contribution >= 4 is 21.7 Å². The molecule has 1 atom stereocenters. The number of primary sulfonamides is 1. The Morgan fingerprint density at radius 2 is 1.81 bits per heavy atom. The third-order valence-electron chi connectivity index (χ3n) is 4.45. The fraction of sp³-hybridized carbons (Fsp3) is 0.278. The van der Waals surface area contributed by atoms with Gasteiger partial charge in [-0.1, -0.05) is 12.1 Å². The molecule has 2 amide bonds. The number of anilines is 1. The number of likely N-dealkylation sites (tertiary alicyclic amines) is 1. The summed E-state index contributed by atoms with van der Waals surface area (Å²) >= 11 is 0. The number of benzene rings is 2. The van der Waals surface area contributed by atoms with Gasteiger partial charge in [0, 0.05) is 12.2 Å². The fourth-order valence-corrected chi connectivity index (χ4v) is 3.62. The third-order valence-corrected chi connectivity index (χ3v) is 5.38. The van der Waals surface area contributed by atoms with E-state index in [9.17, 15) is 13.2 Å². The fourth-order valence-electron chi connectivity index (χ4n) is 3.11. The summed E-state index contributed by atoms with van der Waals surface area (Å²) < 4.78 is 27.8. The Balaban J connectivity index is 1.71. The molecule has 0 spiro atoms. The van der Waals surface area contributed by atoms with Gasteiger partial charge in [-0.3, -0.25) is 0 Å². The second kappa shape index (κ2) is 7.35. The van der Waals surface area contributed by atoms with Crippen molar-refractivity contribution in [2.75, 3.05) is 19.0 Å². The first-order chi connectivity index (χ1) is 12.4. The molecule has 8 heteroatoms. The summed E-state index contributed by atoms with van der Waals surface area (Å²) in [5.41, 5.74) is 1.57. The number of sulfonamides is 1. The quantitative estimate of drug-likeness (QED) is 0.858. The van der Waals surface area contributed by atoms with Crippen LogP contribution in [0.1, 0.15) is 24.4 Å². The lowest BCUT2D eigenvalue weighted by Crippen LogP contribution is -2.34. The van der Waals surface area contributed by atoms with E-state index < -0.39 is 10.0 Å². The van der Waals surface area contributed by atoms with Crippen molar-refractivity contribution in [3.05, 3.63) is 54.1 Å². The van der Waals surface area contributed by atoms with Gasteiger partial charge in [0.05, 0.1) is 18.0 Å². The molecule has 2 aromatic carbocycles. The predicted molar refractivity (Wildman–Crippen MR) is 98.5 cm³/mol. The predicted octanol–water partition coefficient (Wildman–Crippen LogP) is 2.71. The summed E-state index contributed by atoms with van der Waals surface area (Å²) in [5, 5.41) is 7.89. The van der Waals surface area contributed by atoms with E-state index in [2.05, 4.69) is 5.32 Å². The van der Waals surface area contributed by atoms with Crippen LogP contribution in [0.15, 0.2) is 53.4 Å². The van der Waals surface area contributed by atoms with Gasteiger partial charge in [0.25, 0.3) is 0 Å². The van der Waals surface area contributed by atoms with Gasteiger partial charge in [0.2, 0.25) is 10.0 Å². The number of carbonyl (C=O) groups is 1. The van der Waals surface area contributed by atoms with Crippen molar-refractivity contribution in [1.82, 2.24) is 4.90 Å². The standard InChI is InChI=1S/C18H21N3O4S/c1-25-15-8-4-13(5-9-15)17-3-2-12-21(17)18(22)20-14-6-10-16(11-7-14)26(19,23)24/h4-11,17H,2-3,12H2,1H3,(H,20,22)(H2,19,23,24). The summed E-state index contributed by atoms with van der Waals surface area (Å²) in [5.74, 6) is 0.776. The molecule has 2 aromatic rings. The summed E-state index contributed by atoms with van der Waals surface area (Å²) in [6, 6.07) is 13.3. The molecule has 1 unspecified atom stereocenters. The molecular formula is C18H21N3O4S. The van der Waals surface area contributed by atoms with Gasteiger partial charge in [0.15, 0.2) is 0 Å². The van der Waals surface area contributed by atoms with E-state index >= 15 is 0 Å². The van der Waals surface area contributed by atoms with Crippen LogP contribution in [-0.4, -0.2) is 33.0 Å². The molecule has 0 aromatic heterocycles. The summed E-state index contributed by atoms with van der Waals surface area (Å²) in [6.45, 7) is 0.664. The monoisotopic (exact) mass is 375 g/mol. The lowest BCUT2D eigenvalue weighted by atomic mass is 10.0. The molecular weight excluding hydrogens is 354 g/mol. The van der Waals surface area contributed by atoms with Gasteiger partial charge in [-0.05, 0) is 54.8 Å². The molecule has 1 saturated heterocycles. The molecule has 1 aliphatic heterocycles. The Morgan fingerprint density at radius 1 is 1.15 bits per heavy atom. The first kappa shape index (κ1) is 18.2. The Morgan fingerprint density at radius 3 is 2.38 bits per heavy atom. The van der Waals surface area contributed by atoms with Crippen molar-refractivity contribution in [2.24, 2.45) is 5.14 Å². The van der Waals surface area contributed by atoms with E-state index in [0.29, 0.717) is 12.2 Å². The molecule has 1 heterocycles. The van der Waals surface area contributed by atoms with Gasteiger partial charge in [-0.25, -0.2) is 18.4 Å². The largest absolute Gasteiger partial charge is 0.497 e. The Kier molecular flexibility index (Phi) is 5.15. The van der Waals surface area contributed by atoms with Crippen LogP contribution in [0.3, 0.4) is 0 Å². The smallest absolute Gasteiger partial charge is 0.322 e. The van der Waals surface area contributed by atoms with Gasteiger partial charge in [-0.15, -0.1) is 0 Å². The summed E-state index contributed by atoms with van der Waals surface area (Å²) in [7, 11) is -2.13. The van der Waals surface area contributed by atoms with Crippen LogP contribution in [0.2, 0.25) is 0 Å². The average Bonchev–Trinajstić information content (AvgIpc) is 3.11. The summed E-state index contributed by atoms with van der Waals surface area (Å²) in [4.78, 5) is 14.4. The second-order valence-corrected chi connectivity index (χ2v) is 7.69. The Labute approximate surface area is 152 Å². The molecule has 1 fully saturated rings. The highest BCUT2D eigenvalue weighted by molar-refractivity contribution is 7.89. The zero-order valence-electron chi connectivity index (χ0n) is 14.4. The van der Waals surface area contributed by atoms with E-state index in [1.54, 1.807) is 12.0 Å². The number of carbonyl (C=O) groups excluding carboxylic acids is 1. The van der Waals surface area contributed by atoms with Crippen molar-refractivity contribution < 1.29 is 17.9 Å². The zero-order chi connectivity index (χ0) is 18.7.